The number of thioether (sulfide) groups is 1. The fraction of sp³-hybridized carbons (Fsp3) is 0.550. The number of carbonyl (C=O) groups is 1. The van der Waals surface area contributed by atoms with Crippen LogP contribution in [0.2, 0.25) is 0 Å². The van der Waals surface area contributed by atoms with Gasteiger partial charge in [0.2, 0.25) is 17.7 Å². The molecular formula is C20H23N5O4S. The lowest BCUT2D eigenvalue weighted by Gasteiger charge is -2.20. The van der Waals surface area contributed by atoms with Gasteiger partial charge in [0.1, 0.15) is 6.10 Å². The highest BCUT2D eigenvalue weighted by atomic mass is 32.2. The Kier molecular flexibility index (Phi) is 5.10. The molecule has 4 heterocycles. The Morgan fingerprint density at radius 3 is 3.00 bits per heavy atom. The first-order valence-electron chi connectivity index (χ1n) is 10.2. The predicted molar refractivity (Wildman–Crippen MR) is 109 cm³/mol. The van der Waals surface area contributed by atoms with Gasteiger partial charge >= 0.3 is 0 Å². The second-order valence-corrected chi connectivity index (χ2v) is 8.77. The zero-order valence-electron chi connectivity index (χ0n) is 16.7. The van der Waals surface area contributed by atoms with Gasteiger partial charge in [0.25, 0.3) is 5.56 Å². The summed E-state index contributed by atoms with van der Waals surface area (Å²) in [5.41, 5.74) is 1.84. The van der Waals surface area contributed by atoms with E-state index in [1.54, 1.807) is 16.3 Å². The van der Waals surface area contributed by atoms with Gasteiger partial charge in [-0.25, -0.2) is 4.98 Å². The van der Waals surface area contributed by atoms with Crippen molar-refractivity contribution in [1.29, 1.82) is 0 Å². The van der Waals surface area contributed by atoms with Gasteiger partial charge in [-0.1, -0.05) is 11.8 Å². The molecule has 1 aliphatic carbocycles. The Morgan fingerprint density at radius 1 is 1.27 bits per heavy atom. The topological polar surface area (TPSA) is 99.4 Å². The molecule has 5 rings (SSSR count). The number of hydrogen-bond acceptors (Lipinski definition) is 8. The molecule has 10 heteroatoms. The Balaban J connectivity index is 1.23. The number of aromatic nitrogens is 4. The SMILES string of the molecule is COc1cncc(OC2CCN(C(=O)CC3CSc4nc5c(c(=O)n43)CCC5)C2)n1. The van der Waals surface area contributed by atoms with Crippen LogP contribution in [-0.4, -0.2) is 62.4 Å². The summed E-state index contributed by atoms with van der Waals surface area (Å²) in [6.45, 7) is 1.13. The molecule has 30 heavy (non-hydrogen) atoms. The monoisotopic (exact) mass is 429 g/mol. The molecular weight excluding hydrogens is 406 g/mol. The van der Waals surface area contributed by atoms with Crippen LogP contribution in [-0.2, 0) is 17.6 Å². The second-order valence-electron chi connectivity index (χ2n) is 7.79. The maximum Gasteiger partial charge on any atom is 0.257 e. The molecule has 2 unspecified atom stereocenters. The summed E-state index contributed by atoms with van der Waals surface area (Å²) in [5, 5.41) is 0.762. The molecule has 3 aliphatic rings. The Hall–Kier alpha value is -2.62. The van der Waals surface area contributed by atoms with E-state index < -0.39 is 0 Å². The van der Waals surface area contributed by atoms with Gasteiger partial charge in [-0.05, 0) is 19.3 Å². The number of hydrogen-bond donors (Lipinski definition) is 0. The van der Waals surface area contributed by atoms with Crippen LogP contribution in [0.5, 0.6) is 11.8 Å². The number of nitrogens with zero attached hydrogens (tertiary/aromatic N) is 5. The highest BCUT2D eigenvalue weighted by Gasteiger charge is 2.34. The molecule has 9 nitrogen and oxygen atoms in total. The molecule has 2 aromatic heterocycles. The number of ether oxygens (including phenoxy) is 2. The first-order valence-corrected chi connectivity index (χ1v) is 11.2. The van der Waals surface area contributed by atoms with E-state index in [1.807, 2.05) is 4.90 Å². The smallest absolute Gasteiger partial charge is 0.257 e. The lowest BCUT2D eigenvalue weighted by Crippen LogP contribution is -2.35. The first-order chi connectivity index (χ1) is 14.6. The van der Waals surface area contributed by atoms with Crippen molar-refractivity contribution in [2.24, 2.45) is 0 Å². The predicted octanol–water partition coefficient (Wildman–Crippen LogP) is 1.25. The van der Waals surface area contributed by atoms with Gasteiger partial charge in [0.05, 0.1) is 37.8 Å². The number of amides is 1. The van der Waals surface area contributed by atoms with Crippen molar-refractivity contribution >= 4 is 17.7 Å². The van der Waals surface area contributed by atoms with E-state index in [9.17, 15) is 9.59 Å². The molecule has 2 aromatic rings. The Labute approximate surface area is 177 Å². The summed E-state index contributed by atoms with van der Waals surface area (Å²) < 4.78 is 12.7. The summed E-state index contributed by atoms with van der Waals surface area (Å²) in [7, 11) is 1.53. The van der Waals surface area contributed by atoms with Gasteiger partial charge in [-0.3, -0.25) is 19.1 Å². The Morgan fingerprint density at radius 2 is 2.13 bits per heavy atom. The third kappa shape index (κ3) is 3.53. The van der Waals surface area contributed by atoms with E-state index in [0.29, 0.717) is 37.0 Å². The molecule has 1 saturated heterocycles. The molecule has 0 saturated carbocycles. The van der Waals surface area contributed by atoms with E-state index in [1.165, 1.54) is 19.5 Å². The van der Waals surface area contributed by atoms with E-state index >= 15 is 0 Å². The zero-order chi connectivity index (χ0) is 20.7. The lowest BCUT2D eigenvalue weighted by molar-refractivity contribution is -0.131. The molecule has 158 valence electrons. The van der Waals surface area contributed by atoms with E-state index in [4.69, 9.17) is 9.47 Å². The van der Waals surface area contributed by atoms with Crippen molar-refractivity contribution in [2.75, 3.05) is 26.0 Å². The van der Waals surface area contributed by atoms with Crippen molar-refractivity contribution in [3.05, 3.63) is 34.0 Å². The minimum atomic E-state index is -0.132. The number of fused-ring (bicyclic) bond motifs is 2. The van der Waals surface area contributed by atoms with E-state index in [2.05, 4.69) is 15.0 Å². The summed E-state index contributed by atoms with van der Waals surface area (Å²) in [6, 6.07) is -0.132. The van der Waals surface area contributed by atoms with Crippen LogP contribution in [0.4, 0.5) is 0 Å². The van der Waals surface area contributed by atoms with Gasteiger partial charge < -0.3 is 14.4 Å². The van der Waals surface area contributed by atoms with E-state index in [-0.39, 0.29) is 23.6 Å². The van der Waals surface area contributed by atoms with Crippen LogP contribution in [0.3, 0.4) is 0 Å². The molecule has 0 radical (unpaired) electrons. The Bertz CT molecular complexity index is 1040. The maximum absolute atomic E-state index is 12.9. The van der Waals surface area contributed by atoms with Crippen molar-refractivity contribution in [3.63, 3.8) is 0 Å². The summed E-state index contributed by atoms with van der Waals surface area (Å²) in [4.78, 5) is 40.6. The number of aryl methyl sites for hydroxylation is 1. The zero-order valence-corrected chi connectivity index (χ0v) is 17.6. The lowest BCUT2D eigenvalue weighted by atomic mass is 10.2. The van der Waals surface area contributed by atoms with Crippen LogP contribution in [0.15, 0.2) is 22.3 Å². The summed E-state index contributed by atoms with van der Waals surface area (Å²) in [5.74, 6) is 1.54. The number of carbonyl (C=O) groups excluding carboxylic acids is 1. The van der Waals surface area contributed by atoms with Gasteiger partial charge in [-0.2, -0.15) is 4.98 Å². The van der Waals surface area contributed by atoms with Gasteiger partial charge in [0.15, 0.2) is 5.16 Å². The molecule has 0 aromatic carbocycles. The fourth-order valence-electron chi connectivity index (χ4n) is 4.34. The summed E-state index contributed by atoms with van der Waals surface area (Å²) in [6.07, 6.45) is 6.64. The molecule has 0 bridgehead atoms. The van der Waals surface area contributed by atoms with Gasteiger partial charge in [-0.15, -0.1) is 0 Å². The maximum atomic E-state index is 12.9. The average molecular weight is 430 g/mol. The standard InChI is InChI=1S/C20H23N5O4S/c1-28-16-8-21-9-17(23-16)29-13-5-6-24(10-13)18(26)7-12-11-30-20-22-15-4-2-3-14(15)19(27)25(12)20/h8-9,12-13H,2-7,10-11H2,1H3. The third-order valence-corrected chi connectivity index (χ3v) is 6.96. The van der Waals surface area contributed by atoms with Gasteiger partial charge in [0, 0.05) is 30.7 Å². The van der Waals surface area contributed by atoms with Crippen LogP contribution >= 0.6 is 11.8 Å². The fourth-order valence-corrected chi connectivity index (χ4v) is 5.50. The molecule has 0 N–H and O–H groups in total. The van der Waals surface area contributed by atoms with Crippen LogP contribution in [0.1, 0.15) is 36.6 Å². The highest BCUT2D eigenvalue weighted by molar-refractivity contribution is 7.99. The number of likely N-dealkylation sites (tertiary alicyclic amines) is 1. The minimum absolute atomic E-state index is 0.0451. The molecule has 1 fully saturated rings. The van der Waals surface area contributed by atoms with Crippen LogP contribution in [0, 0.1) is 0 Å². The second kappa shape index (κ2) is 7.90. The van der Waals surface area contributed by atoms with Crippen molar-refractivity contribution in [3.8, 4) is 11.8 Å². The minimum Gasteiger partial charge on any atom is -0.480 e. The van der Waals surface area contributed by atoms with Crippen LogP contribution < -0.4 is 15.0 Å². The van der Waals surface area contributed by atoms with Crippen molar-refractivity contribution in [2.45, 2.75) is 49.4 Å². The van der Waals surface area contributed by atoms with Crippen LogP contribution in [0.25, 0.3) is 0 Å². The largest absolute Gasteiger partial charge is 0.480 e. The molecule has 0 spiro atoms. The molecule has 2 atom stereocenters. The number of methoxy groups -OCH3 is 1. The average Bonchev–Trinajstić information content (AvgIpc) is 3.49. The third-order valence-electron chi connectivity index (χ3n) is 5.87. The molecule has 1 amide bonds. The normalized spacial score (nSPS) is 22.1. The van der Waals surface area contributed by atoms with E-state index in [0.717, 1.165) is 42.1 Å². The van der Waals surface area contributed by atoms with Crippen molar-refractivity contribution < 1.29 is 14.3 Å². The highest BCUT2D eigenvalue weighted by Crippen LogP contribution is 2.34. The summed E-state index contributed by atoms with van der Waals surface area (Å²) >= 11 is 1.58. The molecule has 2 aliphatic heterocycles. The van der Waals surface area contributed by atoms with Crippen molar-refractivity contribution in [1.82, 2.24) is 24.4 Å². The number of rotatable bonds is 5. The quantitative estimate of drug-likeness (QED) is 0.655. The first kappa shape index (κ1) is 19.3.